The molecule has 0 unspecified atom stereocenters. The van der Waals surface area contributed by atoms with Crippen LogP contribution < -0.4 is 0 Å². The number of hydrogen-bond donors (Lipinski definition) is 0. The van der Waals surface area contributed by atoms with Crippen LogP contribution in [-0.2, 0) is 9.84 Å². The van der Waals surface area contributed by atoms with Crippen molar-refractivity contribution in [2.45, 2.75) is 32.1 Å². The summed E-state index contributed by atoms with van der Waals surface area (Å²) in [5.74, 6) is 0.0394. The fourth-order valence-electron chi connectivity index (χ4n) is 1.47. The normalized spacial score (nSPS) is 12.5. The number of Topliss-reactive ketones (excluding diaryl/α,β-unsaturated/α-hetero) is 1. The van der Waals surface area contributed by atoms with Gasteiger partial charge in [-0.25, -0.2) is 8.42 Å². The van der Waals surface area contributed by atoms with Crippen LogP contribution in [0.3, 0.4) is 0 Å². The second-order valence-corrected chi connectivity index (χ2v) is 7.47. The van der Waals surface area contributed by atoms with Gasteiger partial charge in [0.2, 0.25) is 0 Å². The van der Waals surface area contributed by atoms with E-state index in [1.54, 1.807) is 12.1 Å². The number of rotatable bonds is 3. The van der Waals surface area contributed by atoms with Gasteiger partial charge in [-0.05, 0) is 17.5 Å². The summed E-state index contributed by atoms with van der Waals surface area (Å²) >= 11 is 0. The molecule has 3 nitrogen and oxygen atoms in total. The summed E-state index contributed by atoms with van der Waals surface area (Å²) in [6, 6.07) is 6.10. The first-order chi connectivity index (χ1) is 7.59. The van der Waals surface area contributed by atoms with Gasteiger partial charge in [0.25, 0.3) is 0 Å². The summed E-state index contributed by atoms with van der Waals surface area (Å²) in [7, 11) is -3.19. The number of benzene rings is 1. The van der Waals surface area contributed by atoms with E-state index in [4.69, 9.17) is 0 Å². The second-order valence-electron chi connectivity index (χ2n) is 5.46. The summed E-state index contributed by atoms with van der Waals surface area (Å²) in [6.45, 7) is 5.99. The molecule has 17 heavy (non-hydrogen) atoms. The van der Waals surface area contributed by atoms with Crippen molar-refractivity contribution in [3.8, 4) is 0 Å². The van der Waals surface area contributed by atoms with Gasteiger partial charge in [0.1, 0.15) is 0 Å². The molecule has 0 heterocycles. The molecule has 0 saturated carbocycles. The lowest BCUT2D eigenvalue weighted by atomic mass is 9.88. The van der Waals surface area contributed by atoms with Gasteiger partial charge in [0.15, 0.2) is 15.6 Å². The first kappa shape index (κ1) is 13.9. The minimum absolute atomic E-state index is 0.0394. The molecule has 0 radical (unpaired) electrons. The van der Waals surface area contributed by atoms with Crippen LogP contribution in [0.25, 0.3) is 0 Å². The maximum absolute atomic E-state index is 11.9. The molecule has 0 amide bonds. The van der Waals surface area contributed by atoms with E-state index < -0.39 is 9.84 Å². The molecule has 1 rings (SSSR count). The Labute approximate surface area is 103 Å². The molecule has 0 aliphatic rings. The summed E-state index contributed by atoms with van der Waals surface area (Å²) in [5.41, 5.74) is 0.499. The average Bonchev–Trinajstić information content (AvgIpc) is 2.14. The van der Waals surface area contributed by atoms with Crippen LogP contribution in [0.5, 0.6) is 0 Å². The molecule has 0 aliphatic carbocycles. The van der Waals surface area contributed by atoms with Crippen molar-refractivity contribution < 1.29 is 13.2 Å². The first-order valence-corrected chi connectivity index (χ1v) is 7.32. The molecule has 0 saturated heterocycles. The minimum atomic E-state index is -3.19. The zero-order valence-corrected chi connectivity index (χ0v) is 11.5. The van der Waals surface area contributed by atoms with Crippen LogP contribution in [0.2, 0.25) is 0 Å². The Morgan fingerprint density at radius 1 is 1.12 bits per heavy atom. The fourth-order valence-corrected chi connectivity index (χ4v) is 2.10. The Balaban J connectivity index is 2.93. The highest BCUT2D eigenvalue weighted by molar-refractivity contribution is 7.90. The number of carbonyl (C=O) groups is 1. The predicted molar refractivity (Wildman–Crippen MR) is 68.0 cm³/mol. The van der Waals surface area contributed by atoms with Crippen molar-refractivity contribution >= 4 is 15.6 Å². The van der Waals surface area contributed by atoms with E-state index in [0.717, 1.165) is 6.26 Å². The van der Waals surface area contributed by atoms with E-state index in [-0.39, 0.29) is 16.1 Å². The Hall–Kier alpha value is -1.16. The molecule has 0 N–H and O–H groups in total. The van der Waals surface area contributed by atoms with E-state index in [9.17, 15) is 13.2 Å². The largest absolute Gasteiger partial charge is 0.294 e. The van der Waals surface area contributed by atoms with Gasteiger partial charge in [-0.3, -0.25) is 4.79 Å². The molecular weight excluding hydrogens is 236 g/mol. The summed E-state index contributed by atoms with van der Waals surface area (Å²) in [4.78, 5) is 12.1. The summed E-state index contributed by atoms with van der Waals surface area (Å²) in [6.07, 6.45) is 1.60. The molecule has 94 valence electrons. The van der Waals surface area contributed by atoms with Crippen molar-refractivity contribution in [1.82, 2.24) is 0 Å². The van der Waals surface area contributed by atoms with E-state index in [2.05, 4.69) is 0 Å². The van der Waals surface area contributed by atoms with Gasteiger partial charge in [-0.2, -0.15) is 0 Å². The zero-order chi connectivity index (χ0) is 13.3. The SMILES string of the molecule is CC(C)(C)CC(=O)c1ccc(S(C)(=O)=O)cc1. The Bertz CT molecular complexity index is 505. The van der Waals surface area contributed by atoms with Gasteiger partial charge in [-0.1, -0.05) is 32.9 Å². The maximum atomic E-state index is 11.9. The monoisotopic (exact) mass is 254 g/mol. The van der Waals surface area contributed by atoms with Crippen LogP contribution in [-0.4, -0.2) is 20.5 Å². The molecule has 1 aromatic rings. The molecule has 0 atom stereocenters. The standard InChI is InChI=1S/C13H18O3S/c1-13(2,3)9-12(14)10-5-7-11(8-6-10)17(4,15)16/h5-8H,9H2,1-4H3. The van der Waals surface area contributed by atoms with Gasteiger partial charge in [0.05, 0.1) is 4.90 Å². The number of sulfone groups is 1. The molecule has 0 spiro atoms. The Morgan fingerprint density at radius 2 is 1.59 bits per heavy atom. The van der Waals surface area contributed by atoms with E-state index in [1.165, 1.54) is 12.1 Å². The average molecular weight is 254 g/mol. The van der Waals surface area contributed by atoms with Crippen molar-refractivity contribution in [3.63, 3.8) is 0 Å². The lowest BCUT2D eigenvalue weighted by molar-refractivity contribution is 0.0940. The second kappa shape index (κ2) is 4.61. The van der Waals surface area contributed by atoms with Crippen molar-refractivity contribution in [2.75, 3.05) is 6.26 Å². The maximum Gasteiger partial charge on any atom is 0.175 e. The zero-order valence-electron chi connectivity index (χ0n) is 10.6. The predicted octanol–water partition coefficient (Wildman–Crippen LogP) is 2.71. The lowest BCUT2D eigenvalue weighted by Crippen LogP contribution is -2.13. The topological polar surface area (TPSA) is 51.2 Å². The lowest BCUT2D eigenvalue weighted by Gasteiger charge is -2.16. The molecule has 0 fully saturated rings. The van der Waals surface area contributed by atoms with E-state index >= 15 is 0 Å². The fraction of sp³-hybridized carbons (Fsp3) is 0.462. The molecule has 0 aromatic heterocycles. The molecule has 0 bridgehead atoms. The minimum Gasteiger partial charge on any atom is -0.294 e. The van der Waals surface area contributed by atoms with Crippen molar-refractivity contribution in [1.29, 1.82) is 0 Å². The molecular formula is C13H18O3S. The van der Waals surface area contributed by atoms with Gasteiger partial charge in [0, 0.05) is 18.2 Å². The molecule has 1 aromatic carbocycles. The van der Waals surface area contributed by atoms with Crippen LogP contribution in [0.4, 0.5) is 0 Å². The smallest absolute Gasteiger partial charge is 0.175 e. The van der Waals surface area contributed by atoms with Crippen LogP contribution in [0.1, 0.15) is 37.6 Å². The van der Waals surface area contributed by atoms with Crippen LogP contribution >= 0.6 is 0 Å². The highest BCUT2D eigenvalue weighted by Crippen LogP contribution is 2.22. The van der Waals surface area contributed by atoms with E-state index in [1.807, 2.05) is 20.8 Å². The van der Waals surface area contributed by atoms with Crippen molar-refractivity contribution in [3.05, 3.63) is 29.8 Å². The van der Waals surface area contributed by atoms with Crippen molar-refractivity contribution in [2.24, 2.45) is 5.41 Å². The van der Waals surface area contributed by atoms with Crippen LogP contribution in [0, 0.1) is 5.41 Å². The summed E-state index contributed by atoms with van der Waals surface area (Å²) < 4.78 is 22.5. The van der Waals surface area contributed by atoms with Gasteiger partial charge in [-0.15, -0.1) is 0 Å². The van der Waals surface area contributed by atoms with Gasteiger partial charge < -0.3 is 0 Å². The Morgan fingerprint density at radius 3 is 1.94 bits per heavy atom. The molecule has 0 aliphatic heterocycles. The number of carbonyl (C=O) groups excluding carboxylic acids is 1. The van der Waals surface area contributed by atoms with E-state index in [0.29, 0.717) is 12.0 Å². The number of ketones is 1. The van der Waals surface area contributed by atoms with Crippen LogP contribution in [0.15, 0.2) is 29.2 Å². The highest BCUT2D eigenvalue weighted by atomic mass is 32.2. The Kier molecular flexibility index (Phi) is 3.77. The third-order valence-electron chi connectivity index (χ3n) is 2.30. The quantitative estimate of drug-likeness (QED) is 0.779. The number of hydrogen-bond acceptors (Lipinski definition) is 3. The third kappa shape index (κ3) is 4.30. The first-order valence-electron chi connectivity index (χ1n) is 5.43. The van der Waals surface area contributed by atoms with Gasteiger partial charge >= 0.3 is 0 Å². The third-order valence-corrected chi connectivity index (χ3v) is 3.42. The highest BCUT2D eigenvalue weighted by Gasteiger charge is 2.17. The molecule has 4 heteroatoms. The summed E-state index contributed by atoms with van der Waals surface area (Å²) in [5, 5.41) is 0.